The van der Waals surface area contributed by atoms with Crippen LogP contribution in [-0.4, -0.2) is 43.2 Å². The van der Waals surface area contributed by atoms with Crippen molar-refractivity contribution in [3.05, 3.63) is 16.1 Å². The van der Waals surface area contributed by atoms with E-state index in [1.807, 2.05) is 6.92 Å². The van der Waals surface area contributed by atoms with Crippen LogP contribution in [0.25, 0.3) is 0 Å². The van der Waals surface area contributed by atoms with E-state index in [-0.39, 0.29) is 5.91 Å². The highest BCUT2D eigenvalue weighted by Crippen LogP contribution is 2.08. The molecular weight excluding hydrogens is 250 g/mol. The Kier molecular flexibility index (Phi) is 5.10. The van der Waals surface area contributed by atoms with Crippen LogP contribution >= 0.6 is 11.3 Å². The van der Waals surface area contributed by atoms with Crippen molar-refractivity contribution in [3.63, 3.8) is 0 Å². The number of piperidine rings is 1. The summed E-state index contributed by atoms with van der Waals surface area (Å²) in [7, 11) is 0. The topological polar surface area (TPSA) is 63.2 Å². The standard InChI is InChI=1S/C12H19N3O2S/c1-9-15-11(8-18-9)12(16)14-6-7-17-10-2-4-13-5-3-10/h8,10,13H,2-7H2,1H3,(H,14,16). The zero-order valence-electron chi connectivity index (χ0n) is 10.6. The number of hydrogen-bond acceptors (Lipinski definition) is 5. The van der Waals surface area contributed by atoms with Gasteiger partial charge in [-0.1, -0.05) is 0 Å². The van der Waals surface area contributed by atoms with Gasteiger partial charge in [-0.3, -0.25) is 4.79 Å². The first kappa shape index (κ1) is 13.5. The molecule has 1 aliphatic rings. The van der Waals surface area contributed by atoms with Crippen LogP contribution in [0.3, 0.4) is 0 Å². The Morgan fingerprint density at radius 1 is 1.61 bits per heavy atom. The Morgan fingerprint density at radius 3 is 3.06 bits per heavy atom. The summed E-state index contributed by atoms with van der Waals surface area (Å²) in [6.07, 6.45) is 2.45. The van der Waals surface area contributed by atoms with E-state index in [4.69, 9.17) is 4.74 Å². The molecule has 5 nitrogen and oxygen atoms in total. The van der Waals surface area contributed by atoms with Gasteiger partial charge >= 0.3 is 0 Å². The van der Waals surface area contributed by atoms with Gasteiger partial charge in [0.15, 0.2) is 0 Å². The lowest BCUT2D eigenvalue weighted by Gasteiger charge is -2.22. The third-order valence-corrected chi connectivity index (χ3v) is 3.65. The van der Waals surface area contributed by atoms with Gasteiger partial charge in [-0.2, -0.15) is 0 Å². The highest BCUT2D eigenvalue weighted by Gasteiger charge is 2.13. The second-order valence-corrected chi connectivity index (χ2v) is 5.39. The second kappa shape index (κ2) is 6.82. The van der Waals surface area contributed by atoms with Crippen LogP contribution in [-0.2, 0) is 4.74 Å². The molecule has 0 saturated carbocycles. The average Bonchev–Trinajstić information content (AvgIpc) is 2.82. The van der Waals surface area contributed by atoms with Gasteiger partial charge in [-0.05, 0) is 32.9 Å². The third-order valence-electron chi connectivity index (χ3n) is 2.88. The number of thiazole rings is 1. The van der Waals surface area contributed by atoms with Crippen molar-refractivity contribution in [2.24, 2.45) is 0 Å². The van der Waals surface area contributed by atoms with Crippen molar-refractivity contribution in [2.75, 3.05) is 26.2 Å². The molecule has 6 heteroatoms. The molecule has 2 N–H and O–H groups in total. The SMILES string of the molecule is Cc1nc(C(=O)NCCOC2CCNCC2)cs1. The molecule has 1 amide bonds. The minimum atomic E-state index is -0.117. The van der Waals surface area contributed by atoms with E-state index in [0.717, 1.165) is 30.9 Å². The fourth-order valence-electron chi connectivity index (χ4n) is 1.91. The first-order valence-electron chi connectivity index (χ1n) is 6.28. The lowest BCUT2D eigenvalue weighted by atomic mass is 10.1. The van der Waals surface area contributed by atoms with Crippen LogP contribution < -0.4 is 10.6 Å². The first-order chi connectivity index (χ1) is 8.75. The van der Waals surface area contributed by atoms with Crippen molar-refractivity contribution in [2.45, 2.75) is 25.9 Å². The lowest BCUT2D eigenvalue weighted by Crippen LogP contribution is -2.34. The largest absolute Gasteiger partial charge is 0.376 e. The molecule has 1 fully saturated rings. The molecule has 0 radical (unpaired) electrons. The van der Waals surface area contributed by atoms with E-state index in [1.54, 1.807) is 5.38 Å². The Labute approximate surface area is 111 Å². The fraction of sp³-hybridized carbons (Fsp3) is 0.667. The molecule has 18 heavy (non-hydrogen) atoms. The number of aryl methyl sites for hydroxylation is 1. The van der Waals surface area contributed by atoms with Gasteiger partial charge in [0, 0.05) is 11.9 Å². The number of carbonyl (C=O) groups excluding carboxylic acids is 1. The van der Waals surface area contributed by atoms with Gasteiger partial charge < -0.3 is 15.4 Å². The number of hydrogen-bond donors (Lipinski definition) is 2. The quantitative estimate of drug-likeness (QED) is 0.781. The molecule has 1 aliphatic heterocycles. The minimum absolute atomic E-state index is 0.117. The third kappa shape index (κ3) is 4.04. The lowest BCUT2D eigenvalue weighted by molar-refractivity contribution is 0.0343. The van der Waals surface area contributed by atoms with E-state index in [9.17, 15) is 4.79 Å². The van der Waals surface area contributed by atoms with Gasteiger partial charge in [0.1, 0.15) is 5.69 Å². The number of carbonyl (C=O) groups is 1. The number of aromatic nitrogens is 1. The minimum Gasteiger partial charge on any atom is -0.376 e. The van der Waals surface area contributed by atoms with Crippen LogP contribution in [0.15, 0.2) is 5.38 Å². The summed E-state index contributed by atoms with van der Waals surface area (Å²) in [5, 5.41) is 8.79. The molecule has 0 bridgehead atoms. The van der Waals surface area contributed by atoms with Crippen molar-refractivity contribution in [3.8, 4) is 0 Å². The molecule has 1 aromatic heterocycles. The number of rotatable bonds is 5. The highest BCUT2D eigenvalue weighted by molar-refractivity contribution is 7.09. The Bertz CT molecular complexity index is 388. The summed E-state index contributed by atoms with van der Waals surface area (Å²) < 4.78 is 5.70. The summed E-state index contributed by atoms with van der Waals surface area (Å²) in [5.41, 5.74) is 0.499. The Morgan fingerprint density at radius 2 is 2.39 bits per heavy atom. The molecule has 2 heterocycles. The number of nitrogens with one attached hydrogen (secondary N) is 2. The van der Waals surface area contributed by atoms with Gasteiger partial charge in [-0.25, -0.2) is 4.98 Å². The van der Waals surface area contributed by atoms with Crippen LogP contribution in [0.1, 0.15) is 28.3 Å². The van der Waals surface area contributed by atoms with E-state index in [1.165, 1.54) is 11.3 Å². The summed E-state index contributed by atoms with van der Waals surface area (Å²) in [5.74, 6) is -0.117. The summed E-state index contributed by atoms with van der Waals surface area (Å²) in [6, 6.07) is 0. The monoisotopic (exact) mass is 269 g/mol. The van der Waals surface area contributed by atoms with Gasteiger partial charge in [0.25, 0.3) is 5.91 Å². The maximum atomic E-state index is 11.7. The summed E-state index contributed by atoms with van der Waals surface area (Å²) in [4.78, 5) is 15.8. The zero-order valence-corrected chi connectivity index (χ0v) is 11.4. The molecule has 1 saturated heterocycles. The van der Waals surface area contributed by atoms with Crippen LogP contribution in [0.4, 0.5) is 0 Å². The van der Waals surface area contributed by atoms with Crippen molar-refractivity contribution >= 4 is 17.2 Å². The molecule has 2 rings (SSSR count). The number of ether oxygens (including phenoxy) is 1. The number of nitrogens with zero attached hydrogens (tertiary/aromatic N) is 1. The van der Waals surface area contributed by atoms with Crippen molar-refractivity contribution in [1.29, 1.82) is 0 Å². The molecule has 1 aromatic rings. The molecule has 0 unspecified atom stereocenters. The fourth-order valence-corrected chi connectivity index (χ4v) is 2.50. The summed E-state index contributed by atoms with van der Waals surface area (Å²) >= 11 is 1.48. The van der Waals surface area contributed by atoms with E-state index in [0.29, 0.717) is 24.9 Å². The first-order valence-corrected chi connectivity index (χ1v) is 7.16. The van der Waals surface area contributed by atoms with Crippen molar-refractivity contribution < 1.29 is 9.53 Å². The predicted molar refractivity (Wildman–Crippen MR) is 71.0 cm³/mol. The van der Waals surface area contributed by atoms with Crippen LogP contribution in [0.5, 0.6) is 0 Å². The second-order valence-electron chi connectivity index (χ2n) is 4.33. The predicted octanol–water partition coefficient (Wildman–Crippen LogP) is 0.950. The zero-order chi connectivity index (χ0) is 12.8. The molecule has 0 atom stereocenters. The molecule has 0 aromatic carbocycles. The Hall–Kier alpha value is -0.980. The molecule has 100 valence electrons. The van der Waals surface area contributed by atoms with Crippen LogP contribution in [0.2, 0.25) is 0 Å². The van der Waals surface area contributed by atoms with E-state index < -0.39 is 0 Å². The average molecular weight is 269 g/mol. The van der Waals surface area contributed by atoms with E-state index in [2.05, 4.69) is 15.6 Å². The van der Waals surface area contributed by atoms with Crippen molar-refractivity contribution in [1.82, 2.24) is 15.6 Å². The molecule has 0 aliphatic carbocycles. The smallest absolute Gasteiger partial charge is 0.270 e. The Balaban J connectivity index is 1.61. The highest BCUT2D eigenvalue weighted by atomic mass is 32.1. The van der Waals surface area contributed by atoms with E-state index >= 15 is 0 Å². The van der Waals surface area contributed by atoms with Gasteiger partial charge in [0.05, 0.1) is 17.7 Å². The normalized spacial score (nSPS) is 16.7. The maximum absolute atomic E-state index is 11.7. The number of amides is 1. The van der Waals surface area contributed by atoms with Crippen LogP contribution in [0, 0.1) is 6.92 Å². The maximum Gasteiger partial charge on any atom is 0.270 e. The van der Waals surface area contributed by atoms with Gasteiger partial charge in [-0.15, -0.1) is 11.3 Å². The van der Waals surface area contributed by atoms with Gasteiger partial charge in [0.2, 0.25) is 0 Å². The molecule has 0 spiro atoms. The molecular formula is C12H19N3O2S. The summed E-state index contributed by atoms with van der Waals surface area (Å²) in [6.45, 7) is 5.05.